The summed E-state index contributed by atoms with van der Waals surface area (Å²) >= 11 is 1.69. The summed E-state index contributed by atoms with van der Waals surface area (Å²) < 4.78 is 0. The number of nitrogens with one attached hydrogen (secondary N) is 1. The SMILES string of the molecule is C[C@@](C#N)(NC(=O)C[NH2+][C@H](c1ccccc1)c1cccs1)C1CC1. The van der Waals surface area contributed by atoms with Crippen molar-refractivity contribution in [1.82, 2.24) is 5.32 Å². The highest BCUT2D eigenvalue weighted by molar-refractivity contribution is 7.10. The van der Waals surface area contributed by atoms with Crippen molar-refractivity contribution in [2.75, 3.05) is 6.54 Å². The molecule has 0 radical (unpaired) electrons. The summed E-state index contributed by atoms with van der Waals surface area (Å²) in [5.41, 5.74) is 0.453. The second-order valence-electron chi connectivity index (χ2n) is 6.48. The Morgan fingerprint density at radius 1 is 1.38 bits per heavy atom. The van der Waals surface area contributed by atoms with Crippen molar-refractivity contribution in [1.29, 1.82) is 5.26 Å². The first-order chi connectivity index (χ1) is 11.6. The Labute approximate surface area is 146 Å². The number of benzene rings is 1. The van der Waals surface area contributed by atoms with Gasteiger partial charge in [-0.15, -0.1) is 11.3 Å². The van der Waals surface area contributed by atoms with Crippen LogP contribution in [0.5, 0.6) is 0 Å². The second kappa shape index (κ2) is 7.16. The van der Waals surface area contributed by atoms with Crippen LogP contribution in [0.2, 0.25) is 0 Å². The van der Waals surface area contributed by atoms with E-state index in [9.17, 15) is 10.1 Å². The molecule has 0 aliphatic heterocycles. The molecule has 1 saturated carbocycles. The average molecular weight is 340 g/mol. The monoisotopic (exact) mass is 340 g/mol. The number of amides is 1. The number of quaternary nitrogens is 1. The normalized spacial score (nSPS) is 17.5. The Hall–Kier alpha value is -2.16. The van der Waals surface area contributed by atoms with Gasteiger partial charge in [0.15, 0.2) is 6.54 Å². The number of hydrogen-bond donors (Lipinski definition) is 2. The number of nitrogens with two attached hydrogens (primary N) is 1. The molecule has 1 heterocycles. The van der Waals surface area contributed by atoms with E-state index in [1.54, 1.807) is 11.3 Å². The number of nitrogens with zero attached hydrogens (tertiary/aromatic N) is 1. The number of rotatable bonds is 7. The molecule has 1 fully saturated rings. The molecule has 1 aromatic carbocycles. The molecule has 1 amide bonds. The van der Waals surface area contributed by atoms with Gasteiger partial charge in [0, 0.05) is 5.56 Å². The molecule has 1 aliphatic carbocycles. The molecule has 2 atom stereocenters. The minimum absolute atomic E-state index is 0.0802. The van der Waals surface area contributed by atoms with Crippen LogP contribution < -0.4 is 10.6 Å². The number of carbonyl (C=O) groups is 1. The molecule has 0 saturated heterocycles. The zero-order chi connectivity index (χ0) is 17.0. The van der Waals surface area contributed by atoms with Crippen molar-refractivity contribution >= 4 is 17.2 Å². The van der Waals surface area contributed by atoms with Gasteiger partial charge >= 0.3 is 0 Å². The van der Waals surface area contributed by atoms with Crippen molar-refractivity contribution in [3.8, 4) is 6.07 Å². The molecule has 1 aromatic heterocycles. The predicted molar refractivity (Wildman–Crippen MR) is 94.3 cm³/mol. The van der Waals surface area contributed by atoms with Crippen molar-refractivity contribution < 1.29 is 10.1 Å². The van der Waals surface area contributed by atoms with Gasteiger partial charge in [0.2, 0.25) is 0 Å². The first kappa shape index (κ1) is 16.7. The van der Waals surface area contributed by atoms with Gasteiger partial charge in [-0.2, -0.15) is 5.26 Å². The minimum Gasteiger partial charge on any atom is -0.333 e. The highest BCUT2D eigenvalue weighted by Gasteiger charge is 2.43. The predicted octanol–water partition coefficient (Wildman–Crippen LogP) is 2.21. The van der Waals surface area contributed by atoms with Crippen LogP contribution in [0.25, 0.3) is 0 Å². The van der Waals surface area contributed by atoms with Gasteiger partial charge < -0.3 is 10.6 Å². The number of thiophene rings is 1. The van der Waals surface area contributed by atoms with Gasteiger partial charge in [-0.1, -0.05) is 36.4 Å². The third kappa shape index (κ3) is 3.84. The molecule has 4 nitrogen and oxygen atoms in total. The summed E-state index contributed by atoms with van der Waals surface area (Å²) in [6.45, 7) is 2.14. The maximum Gasteiger partial charge on any atom is 0.276 e. The van der Waals surface area contributed by atoms with Crippen molar-refractivity contribution in [2.45, 2.75) is 31.3 Å². The highest BCUT2D eigenvalue weighted by atomic mass is 32.1. The summed E-state index contributed by atoms with van der Waals surface area (Å²) in [5.74, 6) is 0.220. The molecule has 0 unspecified atom stereocenters. The van der Waals surface area contributed by atoms with E-state index in [2.05, 4.69) is 35.0 Å². The highest BCUT2D eigenvalue weighted by Crippen LogP contribution is 2.39. The van der Waals surface area contributed by atoms with E-state index in [4.69, 9.17) is 0 Å². The molecule has 1 aliphatic rings. The molecule has 0 bridgehead atoms. The molecule has 2 aromatic rings. The van der Waals surface area contributed by atoms with Crippen LogP contribution >= 0.6 is 11.3 Å². The van der Waals surface area contributed by atoms with E-state index < -0.39 is 5.54 Å². The van der Waals surface area contributed by atoms with Crippen LogP contribution in [-0.2, 0) is 4.79 Å². The van der Waals surface area contributed by atoms with Crippen LogP contribution in [0.4, 0.5) is 0 Å². The zero-order valence-electron chi connectivity index (χ0n) is 13.7. The van der Waals surface area contributed by atoms with Crippen LogP contribution in [0.15, 0.2) is 47.8 Å². The van der Waals surface area contributed by atoms with Crippen molar-refractivity contribution in [3.05, 3.63) is 58.3 Å². The van der Waals surface area contributed by atoms with Crippen LogP contribution in [0.1, 0.15) is 36.2 Å². The molecular formula is C19H22N3OS+. The maximum absolute atomic E-state index is 12.4. The Morgan fingerprint density at radius 3 is 2.71 bits per heavy atom. The molecule has 3 rings (SSSR count). The van der Waals surface area contributed by atoms with E-state index in [-0.39, 0.29) is 11.9 Å². The Morgan fingerprint density at radius 2 is 2.12 bits per heavy atom. The van der Waals surface area contributed by atoms with E-state index >= 15 is 0 Å². The Balaban J connectivity index is 1.66. The van der Waals surface area contributed by atoms with Crippen molar-refractivity contribution in [3.63, 3.8) is 0 Å². The first-order valence-electron chi connectivity index (χ1n) is 8.26. The Kier molecular flexibility index (Phi) is 4.98. The standard InChI is InChI=1S/C19H21N3OS/c1-19(13-20,15-9-10-15)22-17(23)12-21-18(16-8-5-11-24-16)14-6-3-2-4-7-14/h2-8,11,15,18,21H,9-10,12H2,1H3,(H,22,23)/p+1/t18-,19+/m1/s1. The average Bonchev–Trinajstić information content (AvgIpc) is 3.33. The van der Waals surface area contributed by atoms with E-state index in [0.717, 1.165) is 12.8 Å². The number of nitriles is 1. The maximum atomic E-state index is 12.4. The van der Waals surface area contributed by atoms with Gasteiger partial charge in [0.1, 0.15) is 11.6 Å². The first-order valence-corrected chi connectivity index (χ1v) is 9.14. The Bertz CT molecular complexity index is 719. The molecular weight excluding hydrogens is 318 g/mol. The lowest BCUT2D eigenvalue weighted by Gasteiger charge is -2.23. The molecule has 3 N–H and O–H groups in total. The van der Waals surface area contributed by atoms with Gasteiger partial charge in [0.05, 0.1) is 10.9 Å². The quantitative estimate of drug-likeness (QED) is 0.811. The lowest BCUT2D eigenvalue weighted by molar-refractivity contribution is -0.676. The van der Waals surface area contributed by atoms with Crippen LogP contribution in [0, 0.1) is 17.2 Å². The summed E-state index contributed by atoms with van der Waals surface area (Å²) in [7, 11) is 0. The minimum atomic E-state index is -0.726. The molecule has 0 spiro atoms. The summed E-state index contributed by atoms with van der Waals surface area (Å²) in [6.07, 6.45) is 2.05. The zero-order valence-corrected chi connectivity index (χ0v) is 14.6. The topological polar surface area (TPSA) is 69.5 Å². The van der Waals surface area contributed by atoms with E-state index in [1.165, 1.54) is 10.4 Å². The molecule has 5 heteroatoms. The third-order valence-corrected chi connectivity index (χ3v) is 5.53. The van der Waals surface area contributed by atoms with Crippen LogP contribution in [0.3, 0.4) is 0 Å². The summed E-state index contributed by atoms with van der Waals surface area (Å²) in [6, 6.07) is 16.7. The van der Waals surface area contributed by atoms with Gasteiger partial charge in [-0.05, 0) is 37.1 Å². The lowest BCUT2D eigenvalue weighted by atomic mass is 9.98. The van der Waals surface area contributed by atoms with Gasteiger partial charge in [0.25, 0.3) is 5.91 Å². The van der Waals surface area contributed by atoms with E-state index in [0.29, 0.717) is 12.5 Å². The lowest BCUT2D eigenvalue weighted by Crippen LogP contribution is -2.88. The largest absolute Gasteiger partial charge is 0.333 e. The van der Waals surface area contributed by atoms with E-state index in [1.807, 2.05) is 36.5 Å². The van der Waals surface area contributed by atoms with Crippen molar-refractivity contribution in [2.24, 2.45) is 5.92 Å². The summed E-state index contributed by atoms with van der Waals surface area (Å²) in [4.78, 5) is 13.6. The summed E-state index contributed by atoms with van der Waals surface area (Å²) in [5, 5.41) is 16.4. The molecule has 24 heavy (non-hydrogen) atoms. The second-order valence-corrected chi connectivity index (χ2v) is 7.46. The fourth-order valence-corrected chi connectivity index (χ4v) is 3.84. The smallest absolute Gasteiger partial charge is 0.276 e. The van der Waals surface area contributed by atoms with Crippen LogP contribution in [-0.4, -0.2) is 18.0 Å². The number of carbonyl (C=O) groups excluding carboxylic acids is 1. The fraction of sp³-hybridized carbons (Fsp3) is 0.368. The van der Waals surface area contributed by atoms with Gasteiger partial charge in [-0.3, -0.25) is 4.79 Å². The fourth-order valence-electron chi connectivity index (χ4n) is 2.99. The number of hydrogen-bond acceptors (Lipinski definition) is 3. The van der Waals surface area contributed by atoms with Gasteiger partial charge in [-0.25, -0.2) is 0 Å². The third-order valence-electron chi connectivity index (χ3n) is 4.57. The molecule has 124 valence electrons.